The first-order chi connectivity index (χ1) is 10.4. The SMILES string of the molecule is C[C@H]1CN(c2ccc(C(F)(F)F)cn2)C[C@@]2(CCCOC2)O1. The van der Waals surface area contributed by atoms with Crippen LogP contribution in [0.3, 0.4) is 0 Å². The molecule has 4 nitrogen and oxygen atoms in total. The predicted octanol–water partition coefficient (Wildman–Crippen LogP) is 2.87. The number of morpholine rings is 1. The highest BCUT2D eigenvalue weighted by molar-refractivity contribution is 5.41. The van der Waals surface area contributed by atoms with Crippen molar-refractivity contribution in [2.75, 3.05) is 31.2 Å². The smallest absolute Gasteiger partial charge is 0.378 e. The first kappa shape index (κ1) is 15.6. The lowest BCUT2D eigenvalue weighted by atomic mass is 9.93. The number of hydrogen-bond acceptors (Lipinski definition) is 4. The largest absolute Gasteiger partial charge is 0.417 e. The molecule has 0 radical (unpaired) electrons. The van der Waals surface area contributed by atoms with Crippen LogP contribution in [-0.4, -0.2) is 43.0 Å². The Morgan fingerprint density at radius 1 is 1.36 bits per heavy atom. The van der Waals surface area contributed by atoms with Gasteiger partial charge in [-0.25, -0.2) is 4.98 Å². The number of hydrogen-bond donors (Lipinski definition) is 0. The fraction of sp³-hybridized carbons (Fsp3) is 0.667. The molecule has 2 atom stereocenters. The van der Waals surface area contributed by atoms with Gasteiger partial charge in [-0.1, -0.05) is 0 Å². The van der Waals surface area contributed by atoms with Crippen LogP contribution in [0, 0.1) is 0 Å². The van der Waals surface area contributed by atoms with Crippen molar-refractivity contribution in [2.45, 2.75) is 37.6 Å². The number of anilines is 1. The zero-order valence-electron chi connectivity index (χ0n) is 12.4. The topological polar surface area (TPSA) is 34.6 Å². The molecule has 0 N–H and O–H groups in total. The van der Waals surface area contributed by atoms with Crippen LogP contribution in [-0.2, 0) is 15.7 Å². The molecule has 1 aromatic rings. The van der Waals surface area contributed by atoms with Crippen molar-refractivity contribution >= 4 is 5.82 Å². The Bertz CT molecular complexity index is 513. The van der Waals surface area contributed by atoms with Crippen LogP contribution in [0.15, 0.2) is 18.3 Å². The van der Waals surface area contributed by atoms with E-state index in [-0.39, 0.29) is 11.7 Å². The molecule has 1 spiro atoms. The normalized spacial score (nSPS) is 29.8. The maximum absolute atomic E-state index is 12.6. The Balaban J connectivity index is 1.78. The van der Waals surface area contributed by atoms with E-state index in [0.717, 1.165) is 31.7 Å². The standard InChI is InChI=1S/C15H19F3N2O2/c1-11-8-20(9-14(22-11)5-2-6-21-10-14)13-4-3-12(7-19-13)15(16,17)18/h3-4,7,11H,2,5-6,8-10H2,1H3/t11-,14+/m0/s1. The van der Waals surface area contributed by atoms with Crippen molar-refractivity contribution in [3.63, 3.8) is 0 Å². The summed E-state index contributed by atoms with van der Waals surface area (Å²) < 4.78 is 49.5. The van der Waals surface area contributed by atoms with Crippen LogP contribution in [0.4, 0.5) is 19.0 Å². The summed E-state index contributed by atoms with van der Waals surface area (Å²) in [5, 5.41) is 0. The second-order valence-corrected chi connectivity index (χ2v) is 6.05. The second-order valence-electron chi connectivity index (χ2n) is 6.05. The predicted molar refractivity (Wildman–Crippen MR) is 74.8 cm³/mol. The fourth-order valence-electron chi connectivity index (χ4n) is 3.18. The molecule has 0 bridgehead atoms. The van der Waals surface area contributed by atoms with Crippen molar-refractivity contribution in [1.82, 2.24) is 4.98 Å². The maximum Gasteiger partial charge on any atom is 0.417 e. The van der Waals surface area contributed by atoms with Gasteiger partial charge < -0.3 is 14.4 Å². The highest BCUT2D eigenvalue weighted by atomic mass is 19.4. The van der Waals surface area contributed by atoms with Crippen LogP contribution < -0.4 is 4.90 Å². The molecule has 22 heavy (non-hydrogen) atoms. The Hall–Kier alpha value is -1.34. The van der Waals surface area contributed by atoms with E-state index < -0.39 is 11.7 Å². The Kier molecular flexibility index (Phi) is 4.03. The van der Waals surface area contributed by atoms with Crippen LogP contribution in [0.2, 0.25) is 0 Å². The molecule has 0 saturated carbocycles. The average molecular weight is 316 g/mol. The van der Waals surface area contributed by atoms with Crippen LogP contribution in [0.5, 0.6) is 0 Å². The van der Waals surface area contributed by atoms with Crippen LogP contribution in [0.25, 0.3) is 0 Å². The lowest BCUT2D eigenvalue weighted by Gasteiger charge is -2.47. The highest BCUT2D eigenvalue weighted by Gasteiger charge is 2.41. The van der Waals surface area contributed by atoms with Crippen molar-refractivity contribution in [3.05, 3.63) is 23.9 Å². The average Bonchev–Trinajstić information content (AvgIpc) is 2.46. The molecule has 7 heteroatoms. The number of alkyl halides is 3. The molecule has 0 aromatic carbocycles. The zero-order chi connectivity index (χ0) is 15.8. The molecular weight excluding hydrogens is 297 g/mol. The highest BCUT2D eigenvalue weighted by Crippen LogP contribution is 2.33. The third-order valence-corrected chi connectivity index (χ3v) is 4.09. The monoisotopic (exact) mass is 316 g/mol. The van der Waals surface area contributed by atoms with Gasteiger partial charge in [0.15, 0.2) is 0 Å². The summed E-state index contributed by atoms with van der Waals surface area (Å²) in [6.45, 7) is 4.43. The van der Waals surface area contributed by atoms with Crippen LogP contribution >= 0.6 is 0 Å². The minimum atomic E-state index is -4.36. The summed E-state index contributed by atoms with van der Waals surface area (Å²) in [5.74, 6) is 0.549. The number of rotatable bonds is 1. The van der Waals surface area contributed by atoms with Gasteiger partial charge in [0.1, 0.15) is 11.4 Å². The van der Waals surface area contributed by atoms with Gasteiger partial charge in [-0.15, -0.1) is 0 Å². The summed E-state index contributed by atoms with van der Waals surface area (Å²) in [5.41, 5.74) is -1.10. The molecule has 2 aliphatic rings. The number of halogens is 3. The van der Waals surface area contributed by atoms with E-state index in [9.17, 15) is 13.2 Å². The van der Waals surface area contributed by atoms with E-state index in [1.165, 1.54) is 6.07 Å². The summed E-state index contributed by atoms with van der Waals surface area (Å²) in [6, 6.07) is 2.50. The quantitative estimate of drug-likeness (QED) is 0.798. The van der Waals surface area contributed by atoms with Gasteiger partial charge in [-0.3, -0.25) is 0 Å². The Morgan fingerprint density at radius 3 is 2.77 bits per heavy atom. The van der Waals surface area contributed by atoms with Gasteiger partial charge >= 0.3 is 6.18 Å². The molecule has 122 valence electrons. The molecular formula is C15H19F3N2O2. The Labute approximate surface area is 127 Å². The molecule has 1 aromatic heterocycles. The van der Waals surface area contributed by atoms with E-state index in [0.29, 0.717) is 25.5 Å². The van der Waals surface area contributed by atoms with Gasteiger partial charge in [-0.05, 0) is 31.9 Å². The first-order valence-corrected chi connectivity index (χ1v) is 7.42. The lowest BCUT2D eigenvalue weighted by molar-refractivity contribution is -0.160. The van der Waals surface area contributed by atoms with E-state index in [2.05, 4.69) is 4.98 Å². The zero-order valence-corrected chi connectivity index (χ0v) is 12.4. The molecule has 0 aliphatic carbocycles. The van der Waals surface area contributed by atoms with Gasteiger partial charge in [-0.2, -0.15) is 13.2 Å². The number of ether oxygens (including phenoxy) is 2. The van der Waals surface area contributed by atoms with Crippen molar-refractivity contribution in [3.8, 4) is 0 Å². The van der Waals surface area contributed by atoms with Gasteiger partial charge in [0.25, 0.3) is 0 Å². The second kappa shape index (κ2) is 5.70. The molecule has 2 saturated heterocycles. The number of aromatic nitrogens is 1. The number of pyridine rings is 1. The van der Waals surface area contributed by atoms with Gasteiger partial charge in [0.2, 0.25) is 0 Å². The molecule has 3 rings (SSSR count). The molecule has 2 fully saturated rings. The lowest BCUT2D eigenvalue weighted by Crippen LogP contribution is -2.58. The van der Waals surface area contributed by atoms with E-state index >= 15 is 0 Å². The van der Waals surface area contributed by atoms with E-state index in [4.69, 9.17) is 9.47 Å². The summed E-state index contributed by atoms with van der Waals surface area (Å²) in [4.78, 5) is 5.98. The van der Waals surface area contributed by atoms with Crippen LogP contribution in [0.1, 0.15) is 25.3 Å². The maximum atomic E-state index is 12.6. The van der Waals surface area contributed by atoms with E-state index in [1.54, 1.807) is 0 Å². The Morgan fingerprint density at radius 2 is 2.18 bits per heavy atom. The third-order valence-electron chi connectivity index (χ3n) is 4.09. The van der Waals surface area contributed by atoms with Crippen molar-refractivity contribution in [2.24, 2.45) is 0 Å². The molecule has 0 amide bonds. The van der Waals surface area contributed by atoms with Crippen molar-refractivity contribution in [1.29, 1.82) is 0 Å². The summed E-state index contributed by atoms with van der Waals surface area (Å²) in [6.07, 6.45) is -1.66. The number of nitrogens with zero attached hydrogens (tertiary/aromatic N) is 2. The molecule has 0 unspecified atom stereocenters. The van der Waals surface area contributed by atoms with Crippen molar-refractivity contribution < 1.29 is 22.6 Å². The first-order valence-electron chi connectivity index (χ1n) is 7.42. The molecule has 3 heterocycles. The minimum Gasteiger partial charge on any atom is -0.378 e. The van der Waals surface area contributed by atoms with Gasteiger partial charge in [0.05, 0.1) is 24.8 Å². The van der Waals surface area contributed by atoms with Gasteiger partial charge in [0, 0.05) is 19.3 Å². The minimum absolute atomic E-state index is 0.0143. The summed E-state index contributed by atoms with van der Waals surface area (Å²) in [7, 11) is 0. The fourth-order valence-corrected chi connectivity index (χ4v) is 3.18. The summed E-state index contributed by atoms with van der Waals surface area (Å²) >= 11 is 0. The third kappa shape index (κ3) is 3.20. The molecule has 2 aliphatic heterocycles. The van der Waals surface area contributed by atoms with E-state index in [1.807, 2.05) is 11.8 Å².